The van der Waals surface area contributed by atoms with Gasteiger partial charge in [0, 0.05) is 24.5 Å². The van der Waals surface area contributed by atoms with Gasteiger partial charge in [0.2, 0.25) is 0 Å². The van der Waals surface area contributed by atoms with Crippen LogP contribution in [0.5, 0.6) is 0 Å². The van der Waals surface area contributed by atoms with Crippen molar-refractivity contribution in [3.63, 3.8) is 0 Å². The van der Waals surface area contributed by atoms with E-state index in [1.165, 1.54) is 18.4 Å². The summed E-state index contributed by atoms with van der Waals surface area (Å²) in [5.74, 6) is 1.91. The van der Waals surface area contributed by atoms with Crippen molar-refractivity contribution in [2.45, 2.75) is 45.6 Å². The zero-order valence-corrected chi connectivity index (χ0v) is 13.1. The average molecular weight is 275 g/mol. The minimum Gasteiger partial charge on any atom is -0.381 e. The molecule has 0 amide bonds. The number of hydrogen-bond acceptors (Lipinski definition) is 2. The summed E-state index contributed by atoms with van der Waals surface area (Å²) in [5.41, 5.74) is 1.47. The maximum Gasteiger partial charge on any atom is 0.0510 e. The molecule has 0 aromatic heterocycles. The molecule has 0 spiro atoms. The molecule has 1 aromatic carbocycles. The first-order chi connectivity index (χ1) is 9.77. The van der Waals surface area contributed by atoms with Gasteiger partial charge in [-0.15, -0.1) is 0 Å². The molecule has 2 rings (SSSR count). The normalized spacial score (nSPS) is 23.4. The lowest BCUT2D eigenvalue weighted by atomic mass is 9.75. The van der Waals surface area contributed by atoms with Crippen LogP contribution in [0.2, 0.25) is 0 Å². The van der Waals surface area contributed by atoms with Crippen molar-refractivity contribution >= 4 is 0 Å². The van der Waals surface area contributed by atoms with Crippen LogP contribution >= 0.6 is 0 Å². The fourth-order valence-electron chi connectivity index (χ4n) is 3.48. The summed E-state index contributed by atoms with van der Waals surface area (Å²) in [5, 5.41) is 3.76. The Morgan fingerprint density at radius 3 is 2.55 bits per heavy atom. The molecule has 1 N–H and O–H groups in total. The van der Waals surface area contributed by atoms with Gasteiger partial charge in [-0.1, -0.05) is 57.5 Å². The van der Waals surface area contributed by atoms with Gasteiger partial charge in [0.1, 0.15) is 0 Å². The third-order valence-corrected chi connectivity index (χ3v) is 4.74. The van der Waals surface area contributed by atoms with Crippen molar-refractivity contribution in [1.82, 2.24) is 5.32 Å². The molecule has 1 saturated heterocycles. The Balaban J connectivity index is 2.26. The second-order valence-electron chi connectivity index (χ2n) is 6.03. The van der Waals surface area contributed by atoms with Crippen LogP contribution in [0.15, 0.2) is 30.3 Å². The monoisotopic (exact) mass is 275 g/mol. The van der Waals surface area contributed by atoms with E-state index in [-0.39, 0.29) is 0 Å². The highest BCUT2D eigenvalue weighted by atomic mass is 16.5. The summed E-state index contributed by atoms with van der Waals surface area (Å²) in [4.78, 5) is 0. The summed E-state index contributed by atoms with van der Waals surface area (Å²) in [6.45, 7) is 9.76. The molecule has 1 fully saturated rings. The predicted octanol–water partition coefficient (Wildman–Crippen LogP) is 3.83. The molecule has 4 atom stereocenters. The molecule has 1 aliphatic rings. The lowest BCUT2D eigenvalue weighted by molar-refractivity contribution is 0.166. The number of rotatable bonds is 7. The molecule has 4 unspecified atom stereocenters. The first-order valence-corrected chi connectivity index (χ1v) is 8.14. The van der Waals surface area contributed by atoms with Gasteiger partial charge in [-0.2, -0.15) is 0 Å². The van der Waals surface area contributed by atoms with Crippen molar-refractivity contribution in [2.24, 2.45) is 11.8 Å². The molecule has 0 bridgehead atoms. The second kappa shape index (κ2) is 7.80. The summed E-state index contributed by atoms with van der Waals surface area (Å²) in [6, 6.07) is 11.5. The zero-order valence-electron chi connectivity index (χ0n) is 13.1. The molecule has 0 radical (unpaired) electrons. The Morgan fingerprint density at radius 1 is 1.25 bits per heavy atom. The van der Waals surface area contributed by atoms with Gasteiger partial charge in [0.15, 0.2) is 0 Å². The van der Waals surface area contributed by atoms with E-state index in [1.54, 1.807) is 0 Å². The van der Waals surface area contributed by atoms with E-state index < -0.39 is 0 Å². The summed E-state index contributed by atoms with van der Waals surface area (Å²) >= 11 is 0. The van der Waals surface area contributed by atoms with Gasteiger partial charge in [-0.25, -0.2) is 0 Å². The van der Waals surface area contributed by atoms with Crippen LogP contribution in [0.3, 0.4) is 0 Å². The number of ether oxygens (including phenoxy) is 1. The molecule has 1 aliphatic heterocycles. The third-order valence-electron chi connectivity index (χ3n) is 4.74. The Hall–Kier alpha value is -0.860. The highest BCUT2D eigenvalue weighted by Gasteiger charge is 2.34. The third kappa shape index (κ3) is 3.62. The largest absolute Gasteiger partial charge is 0.381 e. The van der Waals surface area contributed by atoms with Gasteiger partial charge in [0.05, 0.1) is 6.61 Å². The van der Waals surface area contributed by atoms with E-state index in [0.717, 1.165) is 19.8 Å². The molecule has 112 valence electrons. The van der Waals surface area contributed by atoms with Gasteiger partial charge in [-0.3, -0.25) is 0 Å². The van der Waals surface area contributed by atoms with E-state index in [4.69, 9.17) is 4.74 Å². The van der Waals surface area contributed by atoms with Gasteiger partial charge in [-0.05, 0) is 24.4 Å². The van der Waals surface area contributed by atoms with Crippen molar-refractivity contribution in [3.05, 3.63) is 35.9 Å². The maximum atomic E-state index is 5.64. The predicted molar refractivity (Wildman–Crippen MR) is 85.0 cm³/mol. The summed E-state index contributed by atoms with van der Waals surface area (Å²) in [6.07, 6.45) is 2.41. The Morgan fingerprint density at radius 2 is 2.00 bits per heavy atom. The smallest absolute Gasteiger partial charge is 0.0510 e. The zero-order chi connectivity index (χ0) is 14.4. The van der Waals surface area contributed by atoms with Crippen LogP contribution in [0.4, 0.5) is 0 Å². The number of likely N-dealkylation sites (N-methyl/N-ethyl adjacent to an activating group) is 1. The van der Waals surface area contributed by atoms with E-state index in [9.17, 15) is 0 Å². The molecule has 1 aromatic rings. The first kappa shape index (κ1) is 15.5. The van der Waals surface area contributed by atoms with E-state index in [2.05, 4.69) is 56.4 Å². The fraction of sp³-hybridized carbons (Fsp3) is 0.667. The summed E-state index contributed by atoms with van der Waals surface area (Å²) in [7, 11) is 0. The molecule has 1 heterocycles. The van der Waals surface area contributed by atoms with E-state index in [0.29, 0.717) is 23.8 Å². The topological polar surface area (TPSA) is 21.3 Å². The van der Waals surface area contributed by atoms with Crippen molar-refractivity contribution in [2.75, 3.05) is 19.8 Å². The molecule has 2 heteroatoms. The van der Waals surface area contributed by atoms with Crippen LogP contribution in [0.1, 0.15) is 45.1 Å². The lowest BCUT2D eigenvalue weighted by Gasteiger charge is -2.36. The standard InChI is InChI=1S/C18H29NO/c1-4-14(3)17(15-9-7-6-8-10-15)18(19-5-2)16-11-12-20-13-16/h6-10,14,16-19H,4-5,11-13H2,1-3H3. The molecule has 20 heavy (non-hydrogen) atoms. The van der Waals surface area contributed by atoms with Gasteiger partial charge < -0.3 is 10.1 Å². The minimum atomic E-state index is 0.528. The highest BCUT2D eigenvalue weighted by Crippen LogP contribution is 2.35. The first-order valence-electron chi connectivity index (χ1n) is 8.14. The molecule has 2 nitrogen and oxygen atoms in total. The number of nitrogens with one attached hydrogen (secondary N) is 1. The van der Waals surface area contributed by atoms with Crippen LogP contribution in [0.25, 0.3) is 0 Å². The number of hydrogen-bond donors (Lipinski definition) is 1. The number of benzene rings is 1. The fourth-order valence-corrected chi connectivity index (χ4v) is 3.48. The molecule has 0 saturated carbocycles. The minimum absolute atomic E-state index is 0.528. The SMILES string of the molecule is CCNC(C1CCOC1)C(c1ccccc1)C(C)CC. The second-order valence-corrected chi connectivity index (χ2v) is 6.03. The van der Waals surface area contributed by atoms with Crippen LogP contribution in [-0.2, 0) is 4.74 Å². The Bertz CT molecular complexity index is 372. The van der Waals surface area contributed by atoms with E-state index in [1.807, 2.05) is 0 Å². The van der Waals surface area contributed by atoms with E-state index >= 15 is 0 Å². The lowest BCUT2D eigenvalue weighted by Crippen LogP contribution is -2.43. The van der Waals surface area contributed by atoms with Crippen LogP contribution in [-0.4, -0.2) is 25.8 Å². The molecular formula is C18H29NO. The van der Waals surface area contributed by atoms with Crippen molar-refractivity contribution in [3.8, 4) is 0 Å². The Labute approximate surface area is 123 Å². The Kier molecular flexibility index (Phi) is 6.06. The van der Waals surface area contributed by atoms with Gasteiger partial charge >= 0.3 is 0 Å². The maximum absolute atomic E-state index is 5.64. The molecular weight excluding hydrogens is 246 g/mol. The average Bonchev–Trinajstić information content (AvgIpc) is 3.01. The van der Waals surface area contributed by atoms with Crippen molar-refractivity contribution in [1.29, 1.82) is 0 Å². The van der Waals surface area contributed by atoms with Crippen LogP contribution in [0, 0.1) is 11.8 Å². The van der Waals surface area contributed by atoms with Crippen molar-refractivity contribution < 1.29 is 4.74 Å². The molecule has 0 aliphatic carbocycles. The summed E-state index contributed by atoms with van der Waals surface area (Å²) < 4.78 is 5.64. The van der Waals surface area contributed by atoms with Crippen LogP contribution < -0.4 is 5.32 Å². The van der Waals surface area contributed by atoms with Gasteiger partial charge in [0.25, 0.3) is 0 Å². The quantitative estimate of drug-likeness (QED) is 0.816. The highest BCUT2D eigenvalue weighted by molar-refractivity contribution is 5.22.